The third kappa shape index (κ3) is 4.59. The maximum atomic E-state index is 12.5. The highest BCUT2D eigenvalue weighted by molar-refractivity contribution is 6.06. The van der Waals surface area contributed by atoms with E-state index in [9.17, 15) is 9.59 Å². The Morgan fingerprint density at radius 2 is 1.79 bits per heavy atom. The van der Waals surface area contributed by atoms with Crippen LogP contribution in [-0.4, -0.2) is 25.0 Å². The monoisotopic (exact) mass is 326 g/mol. The Morgan fingerprint density at radius 1 is 1.00 bits per heavy atom. The van der Waals surface area contributed by atoms with Crippen molar-refractivity contribution in [2.45, 2.75) is 20.3 Å². The number of anilines is 1. The SMILES string of the molecule is CCCOc1ccccc1C(=O)Nc1cccc(C(=O)NCC)c1. The quantitative estimate of drug-likeness (QED) is 0.818. The summed E-state index contributed by atoms with van der Waals surface area (Å²) in [7, 11) is 0. The molecule has 0 heterocycles. The molecule has 0 aliphatic heterocycles. The minimum absolute atomic E-state index is 0.166. The van der Waals surface area contributed by atoms with Crippen molar-refractivity contribution in [1.82, 2.24) is 5.32 Å². The Labute approximate surface area is 142 Å². The van der Waals surface area contributed by atoms with Gasteiger partial charge in [-0.25, -0.2) is 0 Å². The van der Waals surface area contributed by atoms with E-state index in [-0.39, 0.29) is 11.8 Å². The highest BCUT2D eigenvalue weighted by Crippen LogP contribution is 2.20. The van der Waals surface area contributed by atoms with E-state index in [0.717, 1.165) is 6.42 Å². The van der Waals surface area contributed by atoms with Crippen LogP contribution in [0, 0.1) is 0 Å². The van der Waals surface area contributed by atoms with Gasteiger partial charge in [0.2, 0.25) is 0 Å². The van der Waals surface area contributed by atoms with Gasteiger partial charge < -0.3 is 15.4 Å². The molecule has 24 heavy (non-hydrogen) atoms. The van der Waals surface area contributed by atoms with Gasteiger partial charge in [-0.1, -0.05) is 25.1 Å². The van der Waals surface area contributed by atoms with Gasteiger partial charge in [-0.2, -0.15) is 0 Å². The number of carbonyl (C=O) groups is 2. The normalized spacial score (nSPS) is 10.1. The molecule has 0 unspecified atom stereocenters. The number of hydrogen-bond donors (Lipinski definition) is 2. The Hall–Kier alpha value is -2.82. The Morgan fingerprint density at radius 3 is 2.54 bits per heavy atom. The fourth-order valence-electron chi connectivity index (χ4n) is 2.19. The lowest BCUT2D eigenvalue weighted by Gasteiger charge is -2.11. The lowest BCUT2D eigenvalue weighted by atomic mass is 10.1. The number of hydrogen-bond acceptors (Lipinski definition) is 3. The van der Waals surface area contributed by atoms with E-state index in [1.165, 1.54) is 0 Å². The van der Waals surface area contributed by atoms with Crippen molar-refractivity contribution in [2.24, 2.45) is 0 Å². The van der Waals surface area contributed by atoms with Gasteiger partial charge in [0.25, 0.3) is 11.8 Å². The van der Waals surface area contributed by atoms with E-state index >= 15 is 0 Å². The molecule has 2 aromatic carbocycles. The first kappa shape index (κ1) is 17.5. The summed E-state index contributed by atoms with van der Waals surface area (Å²) in [5, 5.41) is 5.55. The minimum atomic E-state index is -0.269. The van der Waals surface area contributed by atoms with Crippen LogP contribution >= 0.6 is 0 Å². The molecule has 2 rings (SSSR count). The zero-order valence-electron chi connectivity index (χ0n) is 14.0. The fourth-order valence-corrected chi connectivity index (χ4v) is 2.19. The lowest BCUT2D eigenvalue weighted by molar-refractivity contribution is 0.0954. The summed E-state index contributed by atoms with van der Waals surface area (Å²) in [5.41, 5.74) is 1.54. The molecule has 5 heteroatoms. The lowest BCUT2D eigenvalue weighted by Crippen LogP contribution is -2.22. The number of para-hydroxylation sites is 1. The van der Waals surface area contributed by atoms with Crippen molar-refractivity contribution in [3.8, 4) is 5.75 Å². The van der Waals surface area contributed by atoms with Crippen molar-refractivity contribution in [2.75, 3.05) is 18.5 Å². The Bertz CT molecular complexity index is 713. The molecular formula is C19H22N2O3. The van der Waals surface area contributed by atoms with E-state index in [1.54, 1.807) is 42.5 Å². The standard InChI is InChI=1S/C19H22N2O3/c1-3-12-24-17-11-6-5-10-16(17)19(23)21-15-9-7-8-14(13-15)18(22)20-4-2/h5-11,13H,3-4,12H2,1-2H3,(H,20,22)(H,21,23). The summed E-state index contributed by atoms with van der Waals surface area (Å²) in [6.07, 6.45) is 0.866. The van der Waals surface area contributed by atoms with E-state index in [2.05, 4.69) is 10.6 Å². The largest absolute Gasteiger partial charge is 0.493 e. The van der Waals surface area contributed by atoms with Crippen LogP contribution in [0.25, 0.3) is 0 Å². The van der Waals surface area contributed by atoms with Crippen LogP contribution in [0.5, 0.6) is 5.75 Å². The second kappa shape index (κ2) is 8.72. The molecule has 0 spiro atoms. The first-order valence-electron chi connectivity index (χ1n) is 8.07. The predicted molar refractivity (Wildman–Crippen MR) is 94.6 cm³/mol. The van der Waals surface area contributed by atoms with Crippen molar-refractivity contribution >= 4 is 17.5 Å². The van der Waals surface area contributed by atoms with Crippen LogP contribution in [0.2, 0.25) is 0 Å². The van der Waals surface area contributed by atoms with Crippen LogP contribution in [0.4, 0.5) is 5.69 Å². The smallest absolute Gasteiger partial charge is 0.259 e. The molecule has 0 bridgehead atoms. The molecule has 0 fully saturated rings. The number of rotatable bonds is 7. The van der Waals surface area contributed by atoms with Crippen LogP contribution in [0.15, 0.2) is 48.5 Å². The predicted octanol–water partition coefficient (Wildman–Crippen LogP) is 3.48. The molecule has 126 valence electrons. The second-order valence-corrected chi connectivity index (χ2v) is 5.24. The molecule has 2 amide bonds. The van der Waals surface area contributed by atoms with E-state index in [0.29, 0.717) is 35.7 Å². The van der Waals surface area contributed by atoms with Gasteiger partial charge in [0.05, 0.1) is 12.2 Å². The first-order chi connectivity index (χ1) is 11.7. The highest BCUT2D eigenvalue weighted by atomic mass is 16.5. The number of carbonyl (C=O) groups excluding carboxylic acids is 2. The fraction of sp³-hybridized carbons (Fsp3) is 0.263. The molecule has 0 saturated heterocycles. The topological polar surface area (TPSA) is 67.4 Å². The van der Waals surface area contributed by atoms with Gasteiger partial charge in [0.1, 0.15) is 5.75 Å². The molecule has 5 nitrogen and oxygen atoms in total. The highest BCUT2D eigenvalue weighted by Gasteiger charge is 2.13. The average Bonchev–Trinajstić information content (AvgIpc) is 2.60. The van der Waals surface area contributed by atoms with Crippen molar-refractivity contribution in [3.05, 3.63) is 59.7 Å². The third-order valence-corrected chi connectivity index (χ3v) is 3.31. The van der Waals surface area contributed by atoms with Crippen LogP contribution in [-0.2, 0) is 0 Å². The zero-order chi connectivity index (χ0) is 17.4. The van der Waals surface area contributed by atoms with E-state index in [1.807, 2.05) is 19.9 Å². The van der Waals surface area contributed by atoms with Crippen molar-refractivity contribution in [3.63, 3.8) is 0 Å². The van der Waals surface area contributed by atoms with Gasteiger partial charge in [-0.15, -0.1) is 0 Å². The van der Waals surface area contributed by atoms with Crippen LogP contribution in [0.3, 0.4) is 0 Å². The number of amides is 2. The van der Waals surface area contributed by atoms with Crippen molar-refractivity contribution in [1.29, 1.82) is 0 Å². The summed E-state index contributed by atoms with van der Waals surface area (Å²) >= 11 is 0. The minimum Gasteiger partial charge on any atom is -0.493 e. The molecule has 0 radical (unpaired) electrons. The number of ether oxygens (including phenoxy) is 1. The van der Waals surface area contributed by atoms with Gasteiger partial charge >= 0.3 is 0 Å². The molecule has 0 saturated carbocycles. The third-order valence-electron chi connectivity index (χ3n) is 3.31. The summed E-state index contributed by atoms with van der Waals surface area (Å²) in [5.74, 6) is 0.117. The molecule has 0 atom stereocenters. The molecule has 2 N–H and O–H groups in total. The maximum Gasteiger partial charge on any atom is 0.259 e. The maximum absolute atomic E-state index is 12.5. The average molecular weight is 326 g/mol. The van der Waals surface area contributed by atoms with Crippen LogP contribution in [0.1, 0.15) is 41.0 Å². The van der Waals surface area contributed by atoms with Gasteiger partial charge in [0.15, 0.2) is 0 Å². The summed E-state index contributed by atoms with van der Waals surface area (Å²) in [6, 6.07) is 14.0. The Kier molecular flexibility index (Phi) is 6.37. The summed E-state index contributed by atoms with van der Waals surface area (Å²) < 4.78 is 5.61. The molecule has 0 aromatic heterocycles. The molecular weight excluding hydrogens is 304 g/mol. The molecule has 2 aromatic rings. The number of nitrogens with one attached hydrogen (secondary N) is 2. The van der Waals surface area contributed by atoms with Gasteiger partial charge in [0, 0.05) is 17.8 Å². The molecule has 0 aliphatic rings. The second-order valence-electron chi connectivity index (χ2n) is 5.24. The van der Waals surface area contributed by atoms with Gasteiger partial charge in [-0.3, -0.25) is 9.59 Å². The summed E-state index contributed by atoms with van der Waals surface area (Å²) in [4.78, 5) is 24.4. The van der Waals surface area contributed by atoms with E-state index in [4.69, 9.17) is 4.74 Å². The summed E-state index contributed by atoms with van der Waals surface area (Å²) in [6.45, 7) is 4.97. The van der Waals surface area contributed by atoms with E-state index < -0.39 is 0 Å². The zero-order valence-corrected chi connectivity index (χ0v) is 14.0. The van der Waals surface area contributed by atoms with Crippen molar-refractivity contribution < 1.29 is 14.3 Å². The van der Waals surface area contributed by atoms with Gasteiger partial charge in [-0.05, 0) is 43.7 Å². The first-order valence-corrected chi connectivity index (χ1v) is 8.07. The van der Waals surface area contributed by atoms with Crippen LogP contribution < -0.4 is 15.4 Å². The number of benzene rings is 2. The molecule has 0 aliphatic carbocycles. The Balaban J connectivity index is 2.15.